The predicted molar refractivity (Wildman–Crippen MR) is 122 cm³/mol. The highest BCUT2D eigenvalue weighted by Gasteiger charge is 2.07. The molecule has 2 aromatic heterocycles. The molecule has 3 rings (SSSR count). The fourth-order valence-electron chi connectivity index (χ4n) is 2.89. The predicted octanol–water partition coefficient (Wildman–Crippen LogP) is 4.30. The lowest BCUT2D eigenvalue weighted by atomic mass is 10.1. The highest BCUT2D eigenvalue weighted by atomic mass is 127. The minimum absolute atomic E-state index is 0. The first-order valence-electron chi connectivity index (χ1n) is 8.77. The summed E-state index contributed by atoms with van der Waals surface area (Å²) in [6.45, 7) is 8.26. The van der Waals surface area contributed by atoms with Crippen molar-refractivity contribution in [3.8, 4) is 0 Å². The Kier molecular flexibility index (Phi) is 8.03. The molecule has 0 aliphatic heterocycles. The molecule has 0 radical (unpaired) electrons. The zero-order valence-corrected chi connectivity index (χ0v) is 18.9. The maximum atomic E-state index is 13.3. The molecule has 0 aliphatic carbocycles. The molecule has 0 atom stereocenters. The van der Waals surface area contributed by atoms with Gasteiger partial charge in [-0.05, 0) is 51.0 Å². The summed E-state index contributed by atoms with van der Waals surface area (Å²) in [6, 6.07) is 4.85. The van der Waals surface area contributed by atoms with Gasteiger partial charge >= 0.3 is 0 Å². The average molecular weight is 501 g/mol. The summed E-state index contributed by atoms with van der Waals surface area (Å²) in [5.74, 6) is 0.572. The number of aryl methyl sites for hydroxylation is 2. The number of halogens is 2. The number of rotatable bonds is 6. The number of H-pyrrole nitrogens is 1. The number of benzene rings is 1. The molecule has 27 heavy (non-hydrogen) atoms. The summed E-state index contributed by atoms with van der Waals surface area (Å²) in [4.78, 5) is 13.4. The van der Waals surface area contributed by atoms with E-state index in [1.165, 1.54) is 17.0 Å². The number of fused-ring (bicyclic) bond motifs is 1. The topological polar surface area (TPSA) is 65.1 Å². The SMILES string of the molecule is CCNC(=NCc1sc(C)nc1C)NCCc1c[nH]c2cc(F)ccc12.I. The lowest BCUT2D eigenvalue weighted by molar-refractivity contribution is 0.629. The smallest absolute Gasteiger partial charge is 0.191 e. The van der Waals surface area contributed by atoms with E-state index < -0.39 is 0 Å². The van der Waals surface area contributed by atoms with E-state index >= 15 is 0 Å². The Morgan fingerprint density at radius 2 is 2.11 bits per heavy atom. The molecule has 0 bridgehead atoms. The Bertz CT molecular complexity index is 918. The highest BCUT2D eigenvalue weighted by molar-refractivity contribution is 14.0. The first-order chi connectivity index (χ1) is 12.6. The molecule has 0 fully saturated rings. The minimum Gasteiger partial charge on any atom is -0.361 e. The van der Waals surface area contributed by atoms with Crippen LogP contribution >= 0.6 is 35.3 Å². The molecule has 0 saturated carbocycles. The van der Waals surface area contributed by atoms with Crippen LogP contribution in [-0.2, 0) is 13.0 Å². The Morgan fingerprint density at radius 1 is 1.30 bits per heavy atom. The first kappa shape index (κ1) is 21.6. The molecule has 0 aliphatic rings. The molecule has 1 aromatic carbocycles. The molecular weight excluding hydrogens is 476 g/mol. The number of hydrogen-bond acceptors (Lipinski definition) is 3. The monoisotopic (exact) mass is 501 g/mol. The van der Waals surface area contributed by atoms with Gasteiger partial charge in [0.25, 0.3) is 0 Å². The Labute approximate surface area is 179 Å². The van der Waals surface area contributed by atoms with Gasteiger partial charge in [-0.1, -0.05) is 0 Å². The van der Waals surface area contributed by atoms with Gasteiger partial charge in [0.1, 0.15) is 5.82 Å². The van der Waals surface area contributed by atoms with Gasteiger partial charge in [0.15, 0.2) is 5.96 Å². The van der Waals surface area contributed by atoms with E-state index in [-0.39, 0.29) is 29.8 Å². The minimum atomic E-state index is -0.223. The van der Waals surface area contributed by atoms with Crippen molar-refractivity contribution in [2.45, 2.75) is 33.7 Å². The van der Waals surface area contributed by atoms with Crippen LogP contribution in [0.3, 0.4) is 0 Å². The number of thiazole rings is 1. The van der Waals surface area contributed by atoms with Crippen molar-refractivity contribution in [1.82, 2.24) is 20.6 Å². The number of aromatic nitrogens is 2. The van der Waals surface area contributed by atoms with Gasteiger partial charge in [0.05, 0.1) is 17.2 Å². The van der Waals surface area contributed by atoms with Crippen LogP contribution in [0.2, 0.25) is 0 Å². The van der Waals surface area contributed by atoms with Gasteiger partial charge in [-0.25, -0.2) is 14.4 Å². The molecule has 0 spiro atoms. The summed E-state index contributed by atoms with van der Waals surface area (Å²) in [5, 5.41) is 8.77. The van der Waals surface area contributed by atoms with Crippen molar-refractivity contribution in [3.63, 3.8) is 0 Å². The van der Waals surface area contributed by atoms with Crippen LogP contribution in [0.5, 0.6) is 0 Å². The third-order valence-corrected chi connectivity index (χ3v) is 5.20. The maximum Gasteiger partial charge on any atom is 0.191 e. The molecule has 5 nitrogen and oxygen atoms in total. The average Bonchev–Trinajstić information content (AvgIpc) is 3.14. The van der Waals surface area contributed by atoms with E-state index in [1.807, 2.05) is 33.0 Å². The molecule has 0 amide bonds. The van der Waals surface area contributed by atoms with E-state index in [4.69, 9.17) is 0 Å². The fourth-order valence-corrected chi connectivity index (χ4v) is 3.76. The third kappa shape index (κ3) is 5.65. The van der Waals surface area contributed by atoms with Crippen LogP contribution in [0, 0.1) is 19.7 Å². The largest absolute Gasteiger partial charge is 0.361 e. The van der Waals surface area contributed by atoms with Crippen molar-refractivity contribution in [3.05, 3.63) is 51.4 Å². The van der Waals surface area contributed by atoms with E-state index in [2.05, 4.69) is 25.6 Å². The van der Waals surface area contributed by atoms with Gasteiger partial charge in [-0.15, -0.1) is 35.3 Å². The standard InChI is InChI=1S/C19H24FN5S.HI/c1-4-21-19(24-11-18-12(2)25-13(3)26-18)22-8-7-14-10-23-17-9-15(20)5-6-16(14)17;/h5-6,9-10,23H,4,7-8,11H2,1-3H3,(H2,21,22,24);1H. The van der Waals surface area contributed by atoms with Crippen LogP contribution in [0.4, 0.5) is 4.39 Å². The summed E-state index contributed by atoms with van der Waals surface area (Å²) in [5.41, 5.74) is 3.05. The second-order valence-corrected chi connectivity index (χ2v) is 7.40. The molecule has 3 aromatic rings. The van der Waals surface area contributed by atoms with Crippen molar-refractivity contribution in [1.29, 1.82) is 0 Å². The van der Waals surface area contributed by atoms with Crippen molar-refractivity contribution >= 4 is 52.2 Å². The first-order valence-corrected chi connectivity index (χ1v) is 9.59. The zero-order chi connectivity index (χ0) is 18.5. The van der Waals surface area contributed by atoms with Gasteiger partial charge < -0.3 is 15.6 Å². The van der Waals surface area contributed by atoms with Crippen molar-refractivity contribution in [2.24, 2.45) is 4.99 Å². The van der Waals surface area contributed by atoms with Crippen LogP contribution in [-0.4, -0.2) is 29.0 Å². The molecule has 0 unspecified atom stereocenters. The van der Waals surface area contributed by atoms with Crippen LogP contribution in [0.25, 0.3) is 10.9 Å². The van der Waals surface area contributed by atoms with Crippen molar-refractivity contribution in [2.75, 3.05) is 13.1 Å². The van der Waals surface area contributed by atoms with Crippen molar-refractivity contribution < 1.29 is 4.39 Å². The summed E-state index contributed by atoms with van der Waals surface area (Å²) in [7, 11) is 0. The maximum absolute atomic E-state index is 13.3. The van der Waals surface area contributed by atoms with Crippen LogP contribution in [0.15, 0.2) is 29.4 Å². The van der Waals surface area contributed by atoms with Crippen LogP contribution < -0.4 is 10.6 Å². The van der Waals surface area contributed by atoms with Gasteiger partial charge in [0, 0.05) is 35.1 Å². The molecule has 3 N–H and O–H groups in total. The number of hydrogen-bond donors (Lipinski definition) is 3. The summed E-state index contributed by atoms with van der Waals surface area (Å²) in [6.07, 6.45) is 2.77. The van der Waals surface area contributed by atoms with E-state index in [0.29, 0.717) is 6.54 Å². The third-order valence-electron chi connectivity index (χ3n) is 4.14. The second kappa shape index (κ2) is 10.0. The number of aliphatic imine (C=N–C) groups is 1. The van der Waals surface area contributed by atoms with E-state index in [0.717, 1.165) is 52.6 Å². The van der Waals surface area contributed by atoms with E-state index in [1.54, 1.807) is 11.3 Å². The Balaban J connectivity index is 0.00000261. The Morgan fingerprint density at radius 3 is 2.81 bits per heavy atom. The molecule has 2 heterocycles. The van der Waals surface area contributed by atoms with Gasteiger partial charge in [0.2, 0.25) is 0 Å². The van der Waals surface area contributed by atoms with Gasteiger partial charge in [-0.2, -0.15) is 0 Å². The number of nitrogens with one attached hydrogen (secondary N) is 3. The molecular formula is C19H25FIN5S. The highest BCUT2D eigenvalue weighted by Crippen LogP contribution is 2.19. The van der Waals surface area contributed by atoms with Gasteiger partial charge in [-0.3, -0.25) is 0 Å². The lowest BCUT2D eigenvalue weighted by Gasteiger charge is -2.11. The quantitative estimate of drug-likeness (QED) is 0.268. The zero-order valence-electron chi connectivity index (χ0n) is 15.7. The fraction of sp³-hybridized carbons (Fsp3) is 0.368. The molecule has 0 saturated heterocycles. The van der Waals surface area contributed by atoms with E-state index in [9.17, 15) is 4.39 Å². The normalized spacial score (nSPS) is 11.5. The molecule has 146 valence electrons. The van der Waals surface area contributed by atoms with Crippen LogP contribution in [0.1, 0.15) is 28.1 Å². The summed E-state index contributed by atoms with van der Waals surface area (Å²) >= 11 is 1.69. The molecule has 8 heteroatoms. The summed E-state index contributed by atoms with van der Waals surface area (Å²) < 4.78 is 13.3. The lowest BCUT2D eigenvalue weighted by Crippen LogP contribution is -2.38. The Hall–Kier alpha value is -1.68. The number of aromatic amines is 1. The number of nitrogens with zero attached hydrogens (tertiary/aromatic N) is 2. The second-order valence-electron chi connectivity index (χ2n) is 6.12. The number of guanidine groups is 1.